The van der Waals surface area contributed by atoms with E-state index in [1.807, 2.05) is 24.3 Å². The highest BCUT2D eigenvalue weighted by atomic mass is 16.5. The number of carbonyl (C=O) groups excluding carboxylic acids is 1. The van der Waals surface area contributed by atoms with Gasteiger partial charge < -0.3 is 9.64 Å². The smallest absolute Gasteiger partial charge is 0.338 e. The van der Waals surface area contributed by atoms with E-state index < -0.39 is 0 Å². The number of esters is 1. The highest BCUT2D eigenvalue weighted by Gasteiger charge is 2.45. The van der Waals surface area contributed by atoms with Gasteiger partial charge in [0.1, 0.15) is 6.61 Å². The topological polar surface area (TPSA) is 29.5 Å². The quantitative estimate of drug-likeness (QED) is 0.544. The first-order valence-corrected chi connectivity index (χ1v) is 10.1. The molecule has 0 radical (unpaired) electrons. The molecule has 3 heteroatoms. The van der Waals surface area contributed by atoms with Gasteiger partial charge >= 0.3 is 5.97 Å². The van der Waals surface area contributed by atoms with Gasteiger partial charge in [0.05, 0.1) is 5.56 Å². The molecule has 1 saturated carbocycles. The molecule has 142 valence electrons. The molecule has 1 aromatic rings. The molecule has 0 amide bonds. The molecule has 4 unspecified atom stereocenters. The molecule has 0 bridgehead atoms. The third-order valence-corrected chi connectivity index (χ3v) is 6.48. The van der Waals surface area contributed by atoms with Crippen molar-refractivity contribution >= 4 is 11.7 Å². The number of anilines is 1. The Kier molecular flexibility index (Phi) is 5.20. The normalized spacial score (nSPS) is 29.4. The van der Waals surface area contributed by atoms with Crippen LogP contribution in [-0.2, 0) is 4.74 Å². The van der Waals surface area contributed by atoms with Gasteiger partial charge in [-0.25, -0.2) is 4.79 Å². The highest BCUT2D eigenvalue weighted by Crippen LogP contribution is 2.47. The summed E-state index contributed by atoms with van der Waals surface area (Å²) in [5.41, 5.74) is 2.99. The van der Waals surface area contributed by atoms with Gasteiger partial charge in [-0.05, 0) is 73.3 Å². The summed E-state index contributed by atoms with van der Waals surface area (Å²) in [4.78, 5) is 14.8. The van der Waals surface area contributed by atoms with Crippen molar-refractivity contribution in [2.75, 3.05) is 24.6 Å². The molecule has 4 atom stereocenters. The summed E-state index contributed by atoms with van der Waals surface area (Å²) in [6, 6.07) is 7.95. The maximum absolute atomic E-state index is 12.3. The van der Waals surface area contributed by atoms with Crippen molar-refractivity contribution in [2.24, 2.45) is 23.7 Å². The van der Waals surface area contributed by atoms with E-state index in [0.717, 1.165) is 42.8 Å². The first-order chi connectivity index (χ1) is 13.2. The molecule has 2 fully saturated rings. The number of rotatable bonds is 5. The largest absolute Gasteiger partial charge is 0.458 e. The fourth-order valence-electron chi connectivity index (χ4n) is 5.02. The van der Waals surface area contributed by atoms with Gasteiger partial charge in [0, 0.05) is 18.8 Å². The minimum Gasteiger partial charge on any atom is -0.458 e. The van der Waals surface area contributed by atoms with E-state index in [0.29, 0.717) is 18.1 Å². The van der Waals surface area contributed by atoms with Crippen LogP contribution in [-0.4, -0.2) is 25.7 Å². The van der Waals surface area contributed by atoms with Gasteiger partial charge in [0.2, 0.25) is 0 Å². The van der Waals surface area contributed by atoms with Gasteiger partial charge in [0.15, 0.2) is 0 Å². The Bertz CT molecular complexity index is 774. The van der Waals surface area contributed by atoms with Crippen LogP contribution in [0, 0.1) is 23.7 Å². The molecular weight excluding hydrogens is 334 g/mol. The summed E-state index contributed by atoms with van der Waals surface area (Å²) in [7, 11) is 0. The molecule has 1 aromatic carbocycles. The average molecular weight is 364 g/mol. The lowest BCUT2D eigenvalue weighted by Crippen LogP contribution is -2.23. The Hall–Kier alpha value is -2.29. The fourth-order valence-corrected chi connectivity index (χ4v) is 5.02. The van der Waals surface area contributed by atoms with Crippen LogP contribution in [0.5, 0.6) is 0 Å². The molecule has 3 aliphatic rings. The molecule has 27 heavy (non-hydrogen) atoms. The zero-order valence-corrected chi connectivity index (χ0v) is 16.3. The predicted molar refractivity (Wildman–Crippen MR) is 110 cm³/mol. The van der Waals surface area contributed by atoms with E-state index in [4.69, 9.17) is 4.74 Å². The van der Waals surface area contributed by atoms with Crippen LogP contribution in [0.4, 0.5) is 5.69 Å². The lowest BCUT2D eigenvalue weighted by atomic mass is 9.91. The number of hydrogen-bond acceptors (Lipinski definition) is 3. The Balaban J connectivity index is 1.37. The van der Waals surface area contributed by atoms with Crippen LogP contribution in [0.2, 0.25) is 0 Å². The van der Waals surface area contributed by atoms with Gasteiger partial charge in [-0.2, -0.15) is 0 Å². The van der Waals surface area contributed by atoms with Crippen molar-refractivity contribution in [2.45, 2.75) is 26.7 Å². The fraction of sp³-hybridized carbons (Fsp3) is 0.458. The minimum absolute atomic E-state index is 0.241. The molecule has 0 spiro atoms. The molecule has 4 rings (SSSR count). The molecule has 3 nitrogen and oxygen atoms in total. The first kappa shape index (κ1) is 18.1. The zero-order chi connectivity index (χ0) is 18.8. The average Bonchev–Trinajstić information content (AvgIpc) is 3.40. The lowest BCUT2D eigenvalue weighted by Gasteiger charge is -2.22. The summed E-state index contributed by atoms with van der Waals surface area (Å²) in [6.45, 7) is 7.16. The maximum Gasteiger partial charge on any atom is 0.338 e. The van der Waals surface area contributed by atoms with Crippen LogP contribution >= 0.6 is 0 Å². The van der Waals surface area contributed by atoms with Crippen LogP contribution in [0.3, 0.4) is 0 Å². The van der Waals surface area contributed by atoms with Gasteiger partial charge in [-0.1, -0.05) is 37.3 Å². The molecular formula is C24H29NO2. The molecule has 0 N–H and O–H groups in total. The summed E-state index contributed by atoms with van der Waals surface area (Å²) in [6.07, 6.45) is 12.9. The standard InChI is InChI=1S/C24H29NO2/c1-3-6-20-13-17(2)22-14-25(15-23(20)22)21-11-9-19(10-12-21)24(26)27-16-18-7-4-5-8-18/h3-7,9-12,17,20,22-23H,8,13-16H2,1-2H3/b6-3+. The van der Waals surface area contributed by atoms with Crippen LogP contribution in [0.1, 0.15) is 37.0 Å². The monoisotopic (exact) mass is 363 g/mol. The van der Waals surface area contributed by atoms with Gasteiger partial charge in [0.25, 0.3) is 0 Å². The summed E-state index contributed by atoms with van der Waals surface area (Å²) in [5, 5.41) is 0. The number of fused-ring (bicyclic) bond motifs is 1. The number of nitrogens with zero attached hydrogens (tertiary/aromatic N) is 1. The van der Waals surface area contributed by atoms with Crippen LogP contribution in [0.25, 0.3) is 0 Å². The van der Waals surface area contributed by atoms with E-state index in [9.17, 15) is 4.79 Å². The Morgan fingerprint density at radius 1 is 1.22 bits per heavy atom. The second-order valence-electron chi connectivity index (χ2n) is 8.22. The molecule has 1 heterocycles. The van der Waals surface area contributed by atoms with Crippen molar-refractivity contribution in [3.8, 4) is 0 Å². The van der Waals surface area contributed by atoms with E-state index >= 15 is 0 Å². The predicted octanol–water partition coefficient (Wildman–Crippen LogP) is 5.01. The van der Waals surface area contributed by atoms with Crippen LogP contribution < -0.4 is 4.90 Å². The lowest BCUT2D eigenvalue weighted by molar-refractivity contribution is 0.0539. The third-order valence-electron chi connectivity index (χ3n) is 6.48. The minimum atomic E-state index is -0.241. The van der Waals surface area contributed by atoms with Crippen molar-refractivity contribution in [3.05, 3.63) is 65.8 Å². The third kappa shape index (κ3) is 3.73. The maximum atomic E-state index is 12.3. The van der Waals surface area contributed by atoms with Gasteiger partial charge in [-0.3, -0.25) is 0 Å². The summed E-state index contributed by atoms with van der Waals surface area (Å²) >= 11 is 0. The number of hydrogen-bond donors (Lipinski definition) is 0. The van der Waals surface area contributed by atoms with E-state index in [1.54, 1.807) is 0 Å². The SMILES string of the molecule is C/C=C/C1CC(C)C2CN(c3ccc(C(=O)OCC4=CC=CC4)cc3)CC12. The summed E-state index contributed by atoms with van der Waals surface area (Å²) < 4.78 is 5.42. The molecule has 0 aromatic heterocycles. The Labute approximate surface area is 162 Å². The van der Waals surface area contributed by atoms with Crippen LogP contribution in [0.15, 0.2) is 60.2 Å². The van der Waals surface area contributed by atoms with Crippen molar-refractivity contribution in [1.82, 2.24) is 0 Å². The Morgan fingerprint density at radius 3 is 2.70 bits per heavy atom. The number of benzene rings is 1. The van der Waals surface area contributed by atoms with E-state index in [-0.39, 0.29) is 5.97 Å². The number of ether oxygens (including phenoxy) is 1. The van der Waals surface area contributed by atoms with Crippen molar-refractivity contribution in [1.29, 1.82) is 0 Å². The second kappa shape index (κ2) is 7.75. The first-order valence-electron chi connectivity index (χ1n) is 10.1. The number of allylic oxidation sites excluding steroid dienone is 5. The van der Waals surface area contributed by atoms with E-state index in [1.165, 1.54) is 12.1 Å². The second-order valence-corrected chi connectivity index (χ2v) is 8.22. The van der Waals surface area contributed by atoms with Gasteiger partial charge in [-0.15, -0.1) is 0 Å². The summed E-state index contributed by atoms with van der Waals surface area (Å²) in [5.74, 6) is 2.80. The highest BCUT2D eigenvalue weighted by molar-refractivity contribution is 5.90. The molecule has 2 aliphatic carbocycles. The van der Waals surface area contributed by atoms with Crippen molar-refractivity contribution < 1.29 is 9.53 Å². The molecule has 1 saturated heterocycles. The van der Waals surface area contributed by atoms with E-state index in [2.05, 4.69) is 49.1 Å². The number of carbonyl (C=O) groups is 1. The zero-order valence-electron chi connectivity index (χ0n) is 16.3. The Morgan fingerprint density at radius 2 is 2.00 bits per heavy atom. The van der Waals surface area contributed by atoms with Crippen molar-refractivity contribution in [3.63, 3.8) is 0 Å². The molecule has 1 aliphatic heterocycles.